The van der Waals surface area contributed by atoms with E-state index in [1.54, 1.807) is 20.4 Å². The summed E-state index contributed by atoms with van der Waals surface area (Å²) in [5.41, 5.74) is 1.97. The second-order valence-electron chi connectivity index (χ2n) is 3.62. The number of nitrogens with one attached hydrogen (secondary N) is 1. The molecule has 0 atom stereocenters. The molecule has 5 heteroatoms. The van der Waals surface area contributed by atoms with Gasteiger partial charge >= 0.3 is 0 Å². The minimum absolute atomic E-state index is 0.553. The highest BCUT2D eigenvalue weighted by molar-refractivity contribution is 5.65. The molecule has 0 saturated carbocycles. The number of aromatic nitrogens is 3. The van der Waals surface area contributed by atoms with Crippen LogP contribution in [0.15, 0.2) is 24.4 Å². The van der Waals surface area contributed by atoms with Gasteiger partial charge in [-0.15, -0.1) is 5.10 Å². The second-order valence-corrected chi connectivity index (χ2v) is 3.62. The number of aryl methyl sites for hydroxylation is 1. The van der Waals surface area contributed by atoms with E-state index >= 15 is 0 Å². The van der Waals surface area contributed by atoms with Crippen LogP contribution in [0.1, 0.15) is 5.56 Å². The van der Waals surface area contributed by atoms with Crippen LogP contribution in [0.5, 0.6) is 5.75 Å². The molecule has 0 aliphatic rings. The first-order valence-corrected chi connectivity index (χ1v) is 5.27. The van der Waals surface area contributed by atoms with E-state index in [1.807, 2.05) is 25.1 Å². The molecule has 0 aliphatic carbocycles. The second kappa shape index (κ2) is 4.78. The van der Waals surface area contributed by atoms with E-state index in [9.17, 15) is 0 Å². The van der Waals surface area contributed by atoms with Gasteiger partial charge in [0, 0.05) is 7.05 Å². The Morgan fingerprint density at radius 1 is 1.29 bits per heavy atom. The van der Waals surface area contributed by atoms with Crippen molar-refractivity contribution in [3.05, 3.63) is 30.0 Å². The summed E-state index contributed by atoms with van der Waals surface area (Å²) in [4.78, 5) is 4.35. The number of benzene rings is 1. The number of anilines is 1. The molecule has 2 aromatic rings. The molecule has 1 N–H and O–H groups in total. The van der Waals surface area contributed by atoms with Crippen LogP contribution in [0.2, 0.25) is 0 Å². The van der Waals surface area contributed by atoms with Crippen LogP contribution in [0.25, 0.3) is 11.4 Å². The first kappa shape index (κ1) is 11.3. The fourth-order valence-corrected chi connectivity index (χ4v) is 1.53. The molecular formula is C12H14N4O. The van der Waals surface area contributed by atoms with E-state index in [-0.39, 0.29) is 0 Å². The first-order valence-electron chi connectivity index (χ1n) is 5.27. The quantitative estimate of drug-likeness (QED) is 0.872. The van der Waals surface area contributed by atoms with Gasteiger partial charge in [-0.25, -0.2) is 4.98 Å². The van der Waals surface area contributed by atoms with Gasteiger partial charge in [-0.05, 0) is 19.1 Å². The Labute approximate surface area is 99.9 Å². The van der Waals surface area contributed by atoms with Gasteiger partial charge in [-0.1, -0.05) is 11.6 Å². The van der Waals surface area contributed by atoms with Crippen LogP contribution in [-0.2, 0) is 0 Å². The largest absolute Gasteiger partial charge is 0.496 e. The van der Waals surface area contributed by atoms with Crippen molar-refractivity contribution in [2.75, 3.05) is 19.5 Å². The van der Waals surface area contributed by atoms with E-state index in [1.165, 1.54) is 0 Å². The molecule has 0 bridgehead atoms. The zero-order valence-electron chi connectivity index (χ0n) is 10.1. The standard InChI is InChI=1S/C12H14N4O/c1-8-4-5-10(17-3)9(6-8)12-15-11(13-2)7-14-16-12/h4-7H,1-3H3,(H,13,15,16). The predicted molar refractivity (Wildman–Crippen MR) is 66.1 cm³/mol. The Kier molecular flexibility index (Phi) is 3.18. The van der Waals surface area contributed by atoms with Gasteiger partial charge in [0.05, 0.1) is 18.9 Å². The molecule has 1 heterocycles. The van der Waals surface area contributed by atoms with Crippen molar-refractivity contribution < 1.29 is 4.74 Å². The van der Waals surface area contributed by atoms with Crippen molar-refractivity contribution in [3.8, 4) is 17.1 Å². The Morgan fingerprint density at radius 3 is 2.82 bits per heavy atom. The molecule has 0 amide bonds. The summed E-state index contributed by atoms with van der Waals surface area (Å²) in [7, 11) is 3.42. The number of hydrogen-bond acceptors (Lipinski definition) is 5. The molecule has 88 valence electrons. The minimum Gasteiger partial charge on any atom is -0.496 e. The van der Waals surface area contributed by atoms with E-state index in [0.717, 1.165) is 16.9 Å². The summed E-state index contributed by atoms with van der Waals surface area (Å²) in [6, 6.07) is 5.87. The lowest BCUT2D eigenvalue weighted by Crippen LogP contribution is -1.99. The Morgan fingerprint density at radius 2 is 2.12 bits per heavy atom. The van der Waals surface area contributed by atoms with Crippen molar-refractivity contribution in [3.63, 3.8) is 0 Å². The molecule has 5 nitrogen and oxygen atoms in total. The van der Waals surface area contributed by atoms with Gasteiger partial charge in [0.15, 0.2) is 5.82 Å². The van der Waals surface area contributed by atoms with E-state index in [2.05, 4.69) is 20.5 Å². The average Bonchev–Trinajstić information content (AvgIpc) is 2.39. The predicted octanol–water partition coefficient (Wildman–Crippen LogP) is 1.90. The maximum Gasteiger partial charge on any atom is 0.187 e. The summed E-state index contributed by atoms with van der Waals surface area (Å²) in [5, 5.41) is 10.9. The summed E-state index contributed by atoms with van der Waals surface area (Å²) in [5.74, 6) is 1.97. The maximum atomic E-state index is 5.30. The number of methoxy groups -OCH3 is 1. The SMILES string of the molecule is CNc1cnnc(-c2cc(C)ccc2OC)n1. The van der Waals surface area contributed by atoms with Crippen molar-refractivity contribution in [2.24, 2.45) is 0 Å². The molecule has 2 rings (SSSR count). The molecule has 0 saturated heterocycles. The highest BCUT2D eigenvalue weighted by atomic mass is 16.5. The van der Waals surface area contributed by atoms with Crippen molar-refractivity contribution in [2.45, 2.75) is 6.92 Å². The molecule has 0 aliphatic heterocycles. The fourth-order valence-electron chi connectivity index (χ4n) is 1.53. The van der Waals surface area contributed by atoms with E-state index in [0.29, 0.717) is 11.6 Å². The Bertz CT molecular complexity index is 528. The number of nitrogens with zero attached hydrogens (tertiary/aromatic N) is 3. The van der Waals surface area contributed by atoms with Gasteiger partial charge in [-0.2, -0.15) is 5.10 Å². The molecular weight excluding hydrogens is 216 g/mol. The summed E-state index contributed by atoms with van der Waals surface area (Å²) < 4.78 is 5.30. The highest BCUT2D eigenvalue weighted by Crippen LogP contribution is 2.28. The molecule has 0 spiro atoms. The smallest absolute Gasteiger partial charge is 0.187 e. The van der Waals surface area contributed by atoms with E-state index < -0.39 is 0 Å². The number of rotatable bonds is 3. The lowest BCUT2D eigenvalue weighted by molar-refractivity contribution is 0.416. The minimum atomic E-state index is 0.553. The highest BCUT2D eigenvalue weighted by Gasteiger charge is 2.10. The Hall–Kier alpha value is -2.17. The van der Waals surface area contributed by atoms with Crippen LogP contribution < -0.4 is 10.1 Å². The third-order valence-electron chi connectivity index (χ3n) is 2.41. The zero-order valence-corrected chi connectivity index (χ0v) is 10.1. The molecule has 0 radical (unpaired) electrons. The summed E-state index contributed by atoms with van der Waals surface area (Å²) in [6.45, 7) is 2.01. The van der Waals surface area contributed by atoms with Crippen LogP contribution in [0.4, 0.5) is 5.82 Å². The number of hydrogen-bond donors (Lipinski definition) is 1. The molecule has 1 aromatic carbocycles. The summed E-state index contributed by atoms with van der Waals surface area (Å²) in [6.07, 6.45) is 1.58. The van der Waals surface area contributed by atoms with E-state index in [4.69, 9.17) is 4.74 Å². The zero-order chi connectivity index (χ0) is 12.3. The number of ether oxygens (including phenoxy) is 1. The molecule has 0 fully saturated rings. The van der Waals surface area contributed by atoms with Crippen molar-refractivity contribution in [1.29, 1.82) is 0 Å². The van der Waals surface area contributed by atoms with Crippen LogP contribution in [-0.4, -0.2) is 29.3 Å². The maximum absolute atomic E-state index is 5.30. The fraction of sp³-hybridized carbons (Fsp3) is 0.250. The van der Waals surface area contributed by atoms with Gasteiger partial charge in [0.1, 0.15) is 11.6 Å². The van der Waals surface area contributed by atoms with Crippen molar-refractivity contribution in [1.82, 2.24) is 15.2 Å². The van der Waals surface area contributed by atoms with Gasteiger partial charge < -0.3 is 10.1 Å². The van der Waals surface area contributed by atoms with Gasteiger partial charge in [-0.3, -0.25) is 0 Å². The van der Waals surface area contributed by atoms with Crippen molar-refractivity contribution >= 4 is 5.82 Å². The van der Waals surface area contributed by atoms with Gasteiger partial charge in [0.25, 0.3) is 0 Å². The first-order chi connectivity index (χ1) is 8.24. The van der Waals surface area contributed by atoms with Crippen LogP contribution in [0, 0.1) is 6.92 Å². The van der Waals surface area contributed by atoms with Gasteiger partial charge in [0.2, 0.25) is 0 Å². The third kappa shape index (κ3) is 2.33. The Balaban J connectivity index is 2.54. The molecule has 0 unspecified atom stereocenters. The lowest BCUT2D eigenvalue weighted by atomic mass is 10.1. The average molecular weight is 230 g/mol. The summed E-state index contributed by atoms with van der Waals surface area (Å²) >= 11 is 0. The van der Waals surface area contributed by atoms with Crippen LogP contribution >= 0.6 is 0 Å². The van der Waals surface area contributed by atoms with Crippen LogP contribution in [0.3, 0.4) is 0 Å². The topological polar surface area (TPSA) is 59.9 Å². The lowest BCUT2D eigenvalue weighted by Gasteiger charge is -2.08. The molecule has 17 heavy (non-hydrogen) atoms. The monoisotopic (exact) mass is 230 g/mol. The normalized spacial score (nSPS) is 10.1. The third-order valence-corrected chi connectivity index (χ3v) is 2.41. The molecule has 1 aromatic heterocycles.